The van der Waals surface area contributed by atoms with Gasteiger partial charge in [-0.1, -0.05) is 18.2 Å². The predicted octanol–water partition coefficient (Wildman–Crippen LogP) is 2.95. The van der Waals surface area contributed by atoms with Gasteiger partial charge in [-0.15, -0.1) is 0 Å². The SMILES string of the molecule is O=C(NC1CN(C(=O)Nc2ccccc2)CCCC1O)c1ccc(OCCN2CCCC2)cc1. The summed E-state index contributed by atoms with van der Waals surface area (Å²) in [5.74, 6) is 0.451. The zero-order valence-electron chi connectivity index (χ0n) is 19.5. The van der Waals surface area contributed by atoms with Crippen LogP contribution in [0.3, 0.4) is 0 Å². The molecule has 2 aliphatic heterocycles. The second-order valence-electron chi connectivity index (χ2n) is 8.95. The van der Waals surface area contributed by atoms with Crippen molar-refractivity contribution in [3.63, 3.8) is 0 Å². The number of aliphatic hydroxyl groups excluding tert-OH is 1. The van der Waals surface area contributed by atoms with Crippen molar-refractivity contribution >= 4 is 17.6 Å². The first-order valence-corrected chi connectivity index (χ1v) is 12.1. The van der Waals surface area contributed by atoms with Crippen molar-refractivity contribution in [2.75, 3.05) is 44.6 Å². The van der Waals surface area contributed by atoms with Crippen molar-refractivity contribution in [3.05, 3.63) is 60.2 Å². The van der Waals surface area contributed by atoms with E-state index >= 15 is 0 Å². The Labute approximate surface area is 200 Å². The first kappa shape index (κ1) is 24.0. The van der Waals surface area contributed by atoms with Crippen molar-refractivity contribution in [2.24, 2.45) is 0 Å². The Morgan fingerprint density at radius 3 is 2.44 bits per heavy atom. The van der Waals surface area contributed by atoms with Gasteiger partial charge in [0.05, 0.1) is 12.1 Å². The molecular weight excluding hydrogens is 432 g/mol. The highest BCUT2D eigenvalue weighted by Gasteiger charge is 2.29. The van der Waals surface area contributed by atoms with E-state index in [9.17, 15) is 14.7 Å². The molecule has 0 bridgehead atoms. The highest BCUT2D eigenvalue weighted by molar-refractivity contribution is 5.94. The van der Waals surface area contributed by atoms with E-state index in [-0.39, 0.29) is 18.5 Å². The molecule has 0 aromatic heterocycles. The van der Waals surface area contributed by atoms with Gasteiger partial charge in [0, 0.05) is 30.9 Å². The summed E-state index contributed by atoms with van der Waals surface area (Å²) in [4.78, 5) is 29.6. The van der Waals surface area contributed by atoms with Gasteiger partial charge in [-0.05, 0) is 75.2 Å². The van der Waals surface area contributed by atoms with Crippen LogP contribution in [0.25, 0.3) is 0 Å². The van der Waals surface area contributed by atoms with E-state index in [0.29, 0.717) is 37.2 Å². The van der Waals surface area contributed by atoms with E-state index in [2.05, 4.69) is 15.5 Å². The van der Waals surface area contributed by atoms with Crippen LogP contribution in [0.2, 0.25) is 0 Å². The molecule has 8 nitrogen and oxygen atoms in total. The molecule has 2 atom stereocenters. The quantitative estimate of drug-likeness (QED) is 0.583. The van der Waals surface area contributed by atoms with E-state index in [1.165, 1.54) is 12.8 Å². The van der Waals surface area contributed by atoms with Gasteiger partial charge in [0.2, 0.25) is 0 Å². The van der Waals surface area contributed by atoms with Crippen LogP contribution < -0.4 is 15.4 Å². The number of amides is 3. The summed E-state index contributed by atoms with van der Waals surface area (Å²) in [6.07, 6.45) is 2.99. The third-order valence-corrected chi connectivity index (χ3v) is 6.43. The van der Waals surface area contributed by atoms with Gasteiger partial charge in [0.1, 0.15) is 12.4 Å². The van der Waals surface area contributed by atoms with Crippen LogP contribution in [0.1, 0.15) is 36.0 Å². The van der Waals surface area contributed by atoms with Crippen molar-refractivity contribution in [2.45, 2.75) is 37.8 Å². The van der Waals surface area contributed by atoms with Crippen LogP contribution in [0.4, 0.5) is 10.5 Å². The number of urea groups is 1. The Bertz CT molecular complexity index is 932. The highest BCUT2D eigenvalue weighted by atomic mass is 16.5. The van der Waals surface area contributed by atoms with E-state index in [0.717, 1.165) is 25.4 Å². The number of carbonyl (C=O) groups is 2. The number of hydrogen-bond acceptors (Lipinski definition) is 5. The fourth-order valence-corrected chi connectivity index (χ4v) is 4.45. The molecule has 2 saturated heterocycles. The Kier molecular flexibility index (Phi) is 8.38. The Hall–Kier alpha value is -3.10. The molecule has 2 heterocycles. The minimum atomic E-state index is -0.716. The lowest BCUT2D eigenvalue weighted by Crippen LogP contribution is -2.50. The van der Waals surface area contributed by atoms with Crippen LogP contribution >= 0.6 is 0 Å². The van der Waals surface area contributed by atoms with Crippen LogP contribution in [0.5, 0.6) is 5.75 Å². The summed E-state index contributed by atoms with van der Waals surface area (Å²) >= 11 is 0. The number of nitrogens with one attached hydrogen (secondary N) is 2. The van der Waals surface area contributed by atoms with Gasteiger partial charge in [0.25, 0.3) is 5.91 Å². The van der Waals surface area contributed by atoms with Crippen molar-refractivity contribution in [3.8, 4) is 5.75 Å². The molecule has 0 aliphatic carbocycles. The summed E-state index contributed by atoms with van der Waals surface area (Å²) in [5.41, 5.74) is 1.20. The molecule has 182 valence electrons. The molecule has 0 radical (unpaired) electrons. The average molecular weight is 467 g/mol. The summed E-state index contributed by atoms with van der Waals surface area (Å²) < 4.78 is 5.81. The van der Waals surface area contributed by atoms with Gasteiger partial charge in [-0.3, -0.25) is 9.69 Å². The average Bonchev–Trinajstić information content (AvgIpc) is 3.30. The molecule has 3 amide bonds. The fraction of sp³-hybridized carbons (Fsp3) is 0.462. The van der Waals surface area contributed by atoms with Gasteiger partial charge in [0.15, 0.2) is 0 Å². The first-order chi connectivity index (χ1) is 16.6. The minimum absolute atomic E-state index is 0.239. The van der Waals surface area contributed by atoms with Crippen molar-refractivity contribution in [1.29, 1.82) is 0 Å². The number of benzene rings is 2. The van der Waals surface area contributed by atoms with Gasteiger partial charge in [-0.2, -0.15) is 0 Å². The number of likely N-dealkylation sites (tertiary alicyclic amines) is 2. The zero-order chi connectivity index (χ0) is 23.8. The van der Waals surface area contributed by atoms with Gasteiger partial charge < -0.3 is 25.4 Å². The Balaban J connectivity index is 1.29. The lowest BCUT2D eigenvalue weighted by atomic mass is 10.1. The number of anilines is 1. The van der Waals surface area contributed by atoms with Crippen LogP contribution in [-0.2, 0) is 0 Å². The number of carbonyl (C=O) groups excluding carboxylic acids is 2. The molecule has 2 unspecified atom stereocenters. The van der Waals surface area contributed by atoms with Gasteiger partial charge in [-0.25, -0.2) is 4.79 Å². The molecular formula is C26H34N4O4. The minimum Gasteiger partial charge on any atom is -0.492 e. The maximum Gasteiger partial charge on any atom is 0.321 e. The van der Waals surface area contributed by atoms with E-state index in [1.54, 1.807) is 29.2 Å². The molecule has 2 aromatic carbocycles. The van der Waals surface area contributed by atoms with Gasteiger partial charge >= 0.3 is 6.03 Å². The fourth-order valence-electron chi connectivity index (χ4n) is 4.45. The smallest absolute Gasteiger partial charge is 0.321 e. The normalized spacial score (nSPS) is 21.0. The number of para-hydroxylation sites is 1. The third kappa shape index (κ3) is 6.71. The summed E-state index contributed by atoms with van der Waals surface area (Å²) in [6.45, 7) is 4.58. The number of rotatable bonds is 7. The largest absolute Gasteiger partial charge is 0.492 e. The molecule has 2 aromatic rings. The maximum atomic E-state index is 12.8. The molecule has 8 heteroatoms. The standard InChI is InChI=1S/C26H34N4O4/c31-24-9-6-16-30(26(33)27-21-7-2-1-3-8-21)19-23(24)28-25(32)20-10-12-22(13-11-20)34-18-17-29-14-4-5-15-29/h1-3,7-8,10-13,23-24,31H,4-6,9,14-19H2,(H,27,33)(H,28,32). The molecule has 2 fully saturated rings. The molecule has 0 spiro atoms. The van der Waals surface area contributed by atoms with E-state index < -0.39 is 12.1 Å². The Morgan fingerprint density at radius 2 is 1.71 bits per heavy atom. The number of nitrogens with zero attached hydrogens (tertiary/aromatic N) is 2. The maximum absolute atomic E-state index is 12.8. The monoisotopic (exact) mass is 466 g/mol. The summed E-state index contributed by atoms with van der Waals surface area (Å²) in [5, 5.41) is 16.4. The summed E-state index contributed by atoms with van der Waals surface area (Å²) in [7, 11) is 0. The lowest BCUT2D eigenvalue weighted by molar-refractivity contribution is 0.0811. The molecule has 3 N–H and O–H groups in total. The van der Waals surface area contributed by atoms with E-state index in [4.69, 9.17) is 4.74 Å². The first-order valence-electron chi connectivity index (χ1n) is 12.1. The van der Waals surface area contributed by atoms with E-state index in [1.807, 2.05) is 30.3 Å². The molecule has 2 aliphatic rings. The number of hydrogen-bond donors (Lipinski definition) is 3. The van der Waals surface area contributed by atoms with Crippen molar-refractivity contribution in [1.82, 2.24) is 15.1 Å². The highest BCUT2D eigenvalue weighted by Crippen LogP contribution is 2.17. The van der Waals surface area contributed by atoms with Crippen LogP contribution in [0.15, 0.2) is 54.6 Å². The van der Waals surface area contributed by atoms with Crippen molar-refractivity contribution < 1.29 is 19.4 Å². The number of ether oxygens (including phenoxy) is 1. The Morgan fingerprint density at radius 1 is 0.971 bits per heavy atom. The zero-order valence-corrected chi connectivity index (χ0v) is 19.5. The second kappa shape index (κ2) is 11.9. The molecule has 34 heavy (non-hydrogen) atoms. The van der Waals surface area contributed by atoms with Crippen LogP contribution in [-0.4, -0.2) is 78.3 Å². The lowest BCUT2D eigenvalue weighted by Gasteiger charge is -2.27. The van der Waals surface area contributed by atoms with Crippen LogP contribution in [0, 0.1) is 0 Å². The topological polar surface area (TPSA) is 94.1 Å². The second-order valence-corrected chi connectivity index (χ2v) is 8.95. The molecule has 4 rings (SSSR count). The third-order valence-electron chi connectivity index (χ3n) is 6.43. The summed E-state index contributed by atoms with van der Waals surface area (Å²) in [6, 6.07) is 15.5. The predicted molar refractivity (Wildman–Crippen MR) is 131 cm³/mol. The number of aliphatic hydroxyl groups is 1. The molecule has 0 saturated carbocycles.